The second-order valence-electron chi connectivity index (χ2n) is 6.00. The molecule has 1 fully saturated rings. The summed E-state index contributed by atoms with van der Waals surface area (Å²) in [7, 11) is 0. The molecule has 118 valence electrons. The Morgan fingerprint density at radius 3 is 3.00 bits per heavy atom. The fourth-order valence-corrected chi connectivity index (χ4v) is 4.85. The zero-order valence-corrected chi connectivity index (χ0v) is 14.5. The predicted molar refractivity (Wildman–Crippen MR) is 95.3 cm³/mol. The smallest absolute Gasteiger partial charge is 0.230 e. The van der Waals surface area contributed by atoms with E-state index in [0.29, 0.717) is 17.7 Å². The molecule has 1 aliphatic carbocycles. The molecule has 0 unspecified atom stereocenters. The Hall–Kier alpha value is -1.07. The van der Waals surface area contributed by atoms with Gasteiger partial charge in [-0.25, -0.2) is 4.98 Å². The summed E-state index contributed by atoms with van der Waals surface area (Å²) in [6.07, 6.45) is 4.92. The lowest BCUT2D eigenvalue weighted by Gasteiger charge is -2.29. The van der Waals surface area contributed by atoms with Crippen molar-refractivity contribution < 1.29 is 4.79 Å². The molecule has 0 bridgehead atoms. The monoisotopic (exact) mass is 334 g/mol. The van der Waals surface area contributed by atoms with Crippen molar-refractivity contribution in [3.05, 3.63) is 29.3 Å². The van der Waals surface area contributed by atoms with Crippen LogP contribution in [0, 0.1) is 5.92 Å². The van der Waals surface area contributed by atoms with Gasteiger partial charge in [-0.05, 0) is 30.9 Å². The molecule has 0 radical (unpaired) electrons. The standard InChI is InChI=1S/C17H22N2OS2/c1-12-6-2-3-7-13(12)18-16(20)10-21-11-17-19-14-8-4-5-9-15(14)22-17/h4-5,8-9,12-13H,2-3,6-7,10-11H2,1H3,(H,18,20)/t12-,13+/m1/s1. The van der Waals surface area contributed by atoms with E-state index in [1.807, 2.05) is 18.2 Å². The highest BCUT2D eigenvalue weighted by atomic mass is 32.2. The number of carbonyl (C=O) groups is 1. The number of rotatable bonds is 5. The zero-order valence-electron chi connectivity index (χ0n) is 12.9. The van der Waals surface area contributed by atoms with E-state index in [1.54, 1.807) is 23.1 Å². The fraction of sp³-hybridized carbons (Fsp3) is 0.529. The number of hydrogen-bond donors (Lipinski definition) is 1. The Bertz CT molecular complexity index is 607. The second-order valence-corrected chi connectivity index (χ2v) is 8.10. The Balaban J connectivity index is 1.45. The van der Waals surface area contributed by atoms with Crippen molar-refractivity contribution >= 4 is 39.2 Å². The van der Waals surface area contributed by atoms with Gasteiger partial charge in [0.15, 0.2) is 0 Å². The molecular weight excluding hydrogens is 312 g/mol. The summed E-state index contributed by atoms with van der Waals surface area (Å²) in [6.45, 7) is 2.25. The summed E-state index contributed by atoms with van der Waals surface area (Å²) < 4.78 is 1.22. The summed E-state index contributed by atoms with van der Waals surface area (Å²) in [5.74, 6) is 2.13. The molecule has 0 saturated heterocycles. The van der Waals surface area contributed by atoms with Crippen LogP contribution in [0.1, 0.15) is 37.6 Å². The van der Waals surface area contributed by atoms with E-state index in [1.165, 1.54) is 24.0 Å². The van der Waals surface area contributed by atoms with E-state index in [0.717, 1.165) is 22.7 Å². The summed E-state index contributed by atoms with van der Waals surface area (Å²) in [5.41, 5.74) is 1.06. The van der Waals surface area contributed by atoms with Gasteiger partial charge in [0.05, 0.1) is 16.0 Å². The molecule has 0 spiro atoms. The molecule has 1 aromatic carbocycles. The first-order valence-electron chi connectivity index (χ1n) is 7.94. The lowest BCUT2D eigenvalue weighted by molar-refractivity contribution is -0.119. The Labute approximate surface area is 139 Å². The van der Waals surface area contributed by atoms with E-state index in [9.17, 15) is 4.79 Å². The van der Waals surface area contributed by atoms with E-state index in [4.69, 9.17) is 0 Å². The minimum absolute atomic E-state index is 0.171. The first-order valence-corrected chi connectivity index (χ1v) is 9.91. The van der Waals surface area contributed by atoms with Gasteiger partial charge in [0, 0.05) is 11.8 Å². The van der Waals surface area contributed by atoms with Crippen LogP contribution in [0.25, 0.3) is 10.2 Å². The predicted octanol–water partition coefficient (Wildman–Crippen LogP) is 4.22. The quantitative estimate of drug-likeness (QED) is 0.890. The molecule has 1 N–H and O–H groups in total. The number of thioether (sulfide) groups is 1. The highest BCUT2D eigenvalue weighted by molar-refractivity contribution is 7.99. The normalized spacial score (nSPS) is 21.9. The number of carbonyl (C=O) groups excluding carboxylic acids is 1. The molecule has 1 saturated carbocycles. The second kappa shape index (κ2) is 7.47. The summed E-state index contributed by atoms with van der Waals surface area (Å²) in [5, 5.41) is 4.31. The molecule has 1 aliphatic rings. The van der Waals surface area contributed by atoms with E-state index < -0.39 is 0 Å². The molecule has 3 nitrogen and oxygen atoms in total. The van der Waals surface area contributed by atoms with Crippen LogP contribution in [0.15, 0.2) is 24.3 Å². The lowest BCUT2D eigenvalue weighted by atomic mass is 9.86. The van der Waals surface area contributed by atoms with Gasteiger partial charge in [-0.15, -0.1) is 23.1 Å². The van der Waals surface area contributed by atoms with Crippen molar-refractivity contribution in [2.75, 3.05) is 5.75 Å². The van der Waals surface area contributed by atoms with Crippen LogP contribution >= 0.6 is 23.1 Å². The van der Waals surface area contributed by atoms with Crippen LogP contribution in [0.5, 0.6) is 0 Å². The van der Waals surface area contributed by atoms with Crippen molar-refractivity contribution in [3.63, 3.8) is 0 Å². The van der Waals surface area contributed by atoms with Crippen molar-refractivity contribution in [3.8, 4) is 0 Å². The van der Waals surface area contributed by atoms with Gasteiger partial charge in [-0.3, -0.25) is 4.79 Å². The Kier molecular flexibility index (Phi) is 5.37. The van der Waals surface area contributed by atoms with Crippen molar-refractivity contribution in [1.82, 2.24) is 10.3 Å². The molecule has 0 aliphatic heterocycles. The topological polar surface area (TPSA) is 42.0 Å². The SMILES string of the molecule is C[C@@H]1CCCC[C@@H]1NC(=O)CSCc1nc2ccccc2s1. The van der Waals surface area contributed by atoms with Gasteiger partial charge in [-0.1, -0.05) is 31.9 Å². The summed E-state index contributed by atoms with van der Waals surface area (Å²) in [4.78, 5) is 16.7. The third kappa shape index (κ3) is 4.02. The minimum Gasteiger partial charge on any atom is -0.352 e. The molecule has 1 aromatic heterocycles. The van der Waals surface area contributed by atoms with Crippen LogP contribution < -0.4 is 5.32 Å². The van der Waals surface area contributed by atoms with Gasteiger partial charge in [-0.2, -0.15) is 0 Å². The number of hydrogen-bond acceptors (Lipinski definition) is 4. The summed E-state index contributed by atoms with van der Waals surface area (Å²) in [6, 6.07) is 8.56. The van der Waals surface area contributed by atoms with E-state index >= 15 is 0 Å². The number of amides is 1. The zero-order chi connectivity index (χ0) is 15.4. The van der Waals surface area contributed by atoms with Gasteiger partial charge >= 0.3 is 0 Å². The average Bonchev–Trinajstić information content (AvgIpc) is 2.92. The highest BCUT2D eigenvalue weighted by Crippen LogP contribution is 2.25. The fourth-order valence-electron chi connectivity index (χ4n) is 2.99. The molecule has 5 heteroatoms. The number of para-hydroxylation sites is 1. The number of nitrogens with zero attached hydrogens (tertiary/aromatic N) is 1. The van der Waals surface area contributed by atoms with E-state index in [2.05, 4.69) is 23.3 Å². The average molecular weight is 335 g/mol. The minimum atomic E-state index is 0.171. The number of nitrogens with one attached hydrogen (secondary N) is 1. The van der Waals surface area contributed by atoms with Gasteiger partial charge in [0.25, 0.3) is 0 Å². The number of benzene rings is 1. The third-order valence-electron chi connectivity index (χ3n) is 4.25. The van der Waals surface area contributed by atoms with Gasteiger partial charge in [0.2, 0.25) is 5.91 Å². The van der Waals surface area contributed by atoms with Crippen LogP contribution in [0.4, 0.5) is 0 Å². The maximum absolute atomic E-state index is 12.1. The molecule has 1 heterocycles. The van der Waals surface area contributed by atoms with Gasteiger partial charge < -0.3 is 5.32 Å². The van der Waals surface area contributed by atoms with Crippen LogP contribution in [-0.4, -0.2) is 22.7 Å². The van der Waals surface area contributed by atoms with Gasteiger partial charge in [0.1, 0.15) is 5.01 Å². The van der Waals surface area contributed by atoms with Crippen LogP contribution in [0.2, 0.25) is 0 Å². The molecule has 3 rings (SSSR count). The maximum atomic E-state index is 12.1. The molecule has 2 aromatic rings. The van der Waals surface area contributed by atoms with E-state index in [-0.39, 0.29) is 5.91 Å². The number of thiazole rings is 1. The third-order valence-corrected chi connectivity index (χ3v) is 6.42. The Morgan fingerprint density at radius 2 is 2.18 bits per heavy atom. The highest BCUT2D eigenvalue weighted by Gasteiger charge is 2.22. The number of aromatic nitrogens is 1. The molecule has 1 amide bonds. The van der Waals surface area contributed by atoms with Crippen molar-refractivity contribution in [2.24, 2.45) is 5.92 Å². The van der Waals surface area contributed by atoms with Crippen LogP contribution in [-0.2, 0) is 10.5 Å². The number of fused-ring (bicyclic) bond motifs is 1. The summed E-state index contributed by atoms with van der Waals surface area (Å²) >= 11 is 3.38. The first kappa shape index (κ1) is 15.8. The molecular formula is C17H22N2OS2. The van der Waals surface area contributed by atoms with Crippen molar-refractivity contribution in [1.29, 1.82) is 0 Å². The van der Waals surface area contributed by atoms with Crippen molar-refractivity contribution in [2.45, 2.75) is 44.4 Å². The maximum Gasteiger partial charge on any atom is 0.230 e. The molecule has 2 atom stereocenters. The lowest BCUT2D eigenvalue weighted by Crippen LogP contribution is -2.41. The molecule has 22 heavy (non-hydrogen) atoms. The Morgan fingerprint density at radius 1 is 1.36 bits per heavy atom. The first-order chi connectivity index (χ1) is 10.7. The largest absolute Gasteiger partial charge is 0.352 e. The van der Waals surface area contributed by atoms with Crippen LogP contribution in [0.3, 0.4) is 0 Å².